The van der Waals surface area contributed by atoms with E-state index in [4.69, 9.17) is 5.73 Å². The maximum absolute atomic E-state index is 6.12. The van der Waals surface area contributed by atoms with Crippen molar-refractivity contribution in [3.8, 4) is 0 Å². The Morgan fingerprint density at radius 2 is 2.14 bits per heavy atom. The molecule has 1 aromatic heterocycles. The fourth-order valence-electron chi connectivity index (χ4n) is 2.57. The molecule has 3 rings (SSSR count). The van der Waals surface area contributed by atoms with Crippen LogP contribution in [0.15, 0.2) is 0 Å². The SMILES string of the molecule is Cc1nc(C2CC2)n2c1C(N)CCC2. The fraction of sp³-hybridized carbons (Fsp3) is 0.727. The number of imidazole rings is 1. The van der Waals surface area contributed by atoms with Crippen LogP contribution >= 0.6 is 0 Å². The molecule has 14 heavy (non-hydrogen) atoms. The molecule has 1 fully saturated rings. The highest BCUT2D eigenvalue weighted by Gasteiger charge is 2.32. The number of hydrogen-bond acceptors (Lipinski definition) is 2. The molecule has 1 aromatic rings. The quantitative estimate of drug-likeness (QED) is 0.736. The minimum Gasteiger partial charge on any atom is -0.330 e. The highest BCUT2D eigenvalue weighted by Crippen LogP contribution is 2.42. The Kier molecular flexibility index (Phi) is 1.71. The van der Waals surface area contributed by atoms with E-state index in [1.807, 2.05) is 0 Å². The molecule has 1 aliphatic heterocycles. The van der Waals surface area contributed by atoms with Gasteiger partial charge in [0, 0.05) is 18.5 Å². The Bertz CT molecular complexity index is 363. The second-order valence-electron chi connectivity index (χ2n) is 4.62. The van der Waals surface area contributed by atoms with Gasteiger partial charge >= 0.3 is 0 Å². The van der Waals surface area contributed by atoms with Crippen LogP contribution in [0.3, 0.4) is 0 Å². The van der Waals surface area contributed by atoms with Gasteiger partial charge in [0.05, 0.1) is 11.4 Å². The van der Waals surface area contributed by atoms with E-state index in [0.29, 0.717) is 0 Å². The van der Waals surface area contributed by atoms with E-state index < -0.39 is 0 Å². The highest BCUT2D eigenvalue weighted by atomic mass is 15.1. The average Bonchev–Trinajstić information content (AvgIpc) is 2.93. The van der Waals surface area contributed by atoms with Gasteiger partial charge in [0.1, 0.15) is 5.82 Å². The monoisotopic (exact) mass is 191 g/mol. The molecule has 2 aliphatic rings. The molecule has 1 saturated carbocycles. The number of hydrogen-bond donors (Lipinski definition) is 1. The van der Waals surface area contributed by atoms with E-state index in [2.05, 4.69) is 16.5 Å². The van der Waals surface area contributed by atoms with Gasteiger partial charge in [-0.2, -0.15) is 0 Å². The number of nitrogens with zero attached hydrogens (tertiary/aromatic N) is 2. The van der Waals surface area contributed by atoms with Gasteiger partial charge in [0.2, 0.25) is 0 Å². The van der Waals surface area contributed by atoms with Gasteiger partial charge in [-0.25, -0.2) is 4.98 Å². The molecule has 2 N–H and O–H groups in total. The topological polar surface area (TPSA) is 43.8 Å². The third kappa shape index (κ3) is 1.12. The molecule has 2 heterocycles. The second kappa shape index (κ2) is 2.83. The summed E-state index contributed by atoms with van der Waals surface area (Å²) in [6, 6.07) is 0.226. The molecule has 0 spiro atoms. The maximum atomic E-state index is 6.12. The summed E-state index contributed by atoms with van der Waals surface area (Å²) in [6.45, 7) is 3.23. The van der Waals surface area contributed by atoms with Gasteiger partial charge in [-0.05, 0) is 32.6 Å². The molecule has 3 nitrogen and oxygen atoms in total. The first-order chi connectivity index (χ1) is 6.77. The number of fused-ring (bicyclic) bond motifs is 1. The molecule has 0 aromatic carbocycles. The Balaban J connectivity index is 2.11. The van der Waals surface area contributed by atoms with E-state index in [9.17, 15) is 0 Å². The summed E-state index contributed by atoms with van der Waals surface area (Å²) >= 11 is 0. The van der Waals surface area contributed by atoms with Crippen LogP contribution in [0, 0.1) is 6.92 Å². The first-order valence-corrected chi connectivity index (χ1v) is 5.60. The minimum atomic E-state index is 0.226. The van der Waals surface area contributed by atoms with Crippen molar-refractivity contribution < 1.29 is 0 Å². The van der Waals surface area contributed by atoms with Crippen LogP contribution in [0.25, 0.3) is 0 Å². The van der Waals surface area contributed by atoms with E-state index in [-0.39, 0.29) is 6.04 Å². The van der Waals surface area contributed by atoms with Gasteiger partial charge < -0.3 is 10.3 Å². The van der Waals surface area contributed by atoms with Crippen molar-refractivity contribution in [3.63, 3.8) is 0 Å². The average molecular weight is 191 g/mol. The van der Waals surface area contributed by atoms with Crippen LogP contribution in [-0.4, -0.2) is 9.55 Å². The van der Waals surface area contributed by atoms with Crippen molar-refractivity contribution in [2.24, 2.45) is 5.73 Å². The Morgan fingerprint density at radius 1 is 1.36 bits per heavy atom. The minimum absolute atomic E-state index is 0.226. The molecule has 1 atom stereocenters. The lowest BCUT2D eigenvalue weighted by atomic mass is 10.0. The highest BCUT2D eigenvalue weighted by molar-refractivity contribution is 5.24. The van der Waals surface area contributed by atoms with E-state index in [1.165, 1.54) is 36.5 Å². The van der Waals surface area contributed by atoms with Crippen molar-refractivity contribution in [2.45, 2.75) is 51.1 Å². The Labute approximate surface area is 84.3 Å². The number of aryl methyl sites for hydroxylation is 1. The molecule has 1 aliphatic carbocycles. The number of nitrogens with two attached hydrogens (primary N) is 1. The van der Waals surface area contributed by atoms with Crippen molar-refractivity contribution in [1.29, 1.82) is 0 Å². The van der Waals surface area contributed by atoms with Crippen molar-refractivity contribution in [2.75, 3.05) is 0 Å². The van der Waals surface area contributed by atoms with Crippen LogP contribution in [0.4, 0.5) is 0 Å². The lowest BCUT2D eigenvalue weighted by molar-refractivity contribution is 0.450. The third-order valence-corrected chi connectivity index (χ3v) is 3.41. The van der Waals surface area contributed by atoms with Crippen LogP contribution in [0.1, 0.15) is 54.9 Å². The molecular weight excluding hydrogens is 174 g/mol. The van der Waals surface area contributed by atoms with Crippen LogP contribution in [0.5, 0.6) is 0 Å². The van der Waals surface area contributed by atoms with Crippen molar-refractivity contribution >= 4 is 0 Å². The zero-order valence-electron chi connectivity index (χ0n) is 8.66. The molecule has 0 bridgehead atoms. The Hall–Kier alpha value is -0.830. The number of rotatable bonds is 1. The normalized spacial score (nSPS) is 26.3. The van der Waals surface area contributed by atoms with Crippen LogP contribution in [-0.2, 0) is 6.54 Å². The molecule has 0 saturated heterocycles. The van der Waals surface area contributed by atoms with Crippen LogP contribution in [0.2, 0.25) is 0 Å². The summed E-state index contributed by atoms with van der Waals surface area (Å²) in [7, 11) is 0. The molecule has 0 radical (unpaired) electrons. The maximum Gasteiger partial charge on any atom is 0.112 e. The predicted molar refractivity (Wildman–Crippen MR) is 55.1 cm³/mol. The lowest BCUT2D eigenvalue weighted by Crippen LogP contribution is -2.23. The second-order valence-corrected chi connectivity index (χ2v) is 4.62. The van der Waals surface area contributed by atoms with Gasteiger partial charge in [-0.3, -0.25) is 0 Å². The molecule has 3 heteroatoms. The zero-order chi connectivity index (χ0) is 9.71. The summed E-state index contributed by atoms with van der Waals surface area (Å²) in [5, 5.41) is 0. The lowest BCUT2D eigenvalue weighted by Gasteiger charge is -2.22. The zero-order valence-corrected chi connectivity index (χ0v) is 8.66. The Morgan fingerprint density at radius 3 is 2.86 bits per heavy atom. The van der Waals surface area contributed by atoms with Gasteiger partial charge in [-0.1, -0.05) is 0 Å². The van der Waals surface area contributed by atoms with E-state index in [1.54, 1.807) is 0 Å². The fourth-order valence-corrected chi connectivity index (χ4v) is 2.57. The standard InChI is InChI=1S/C11H17N3/c1-7-10-9(12)3-2-6-14(10)11(13-7)8-4-5-8/h8-9H,2-6,12H2,1H3. The van der Waals surface area contributed by atoms with Crippen molar-refractivity contribution in [3.05, 3.63) is 17.2 Å². The van der Waals surface area contributed by atoms with Gasteiger partial charge in [0.15, 0.2) is 0 Å². The van der Waals surface area contributed by atoms with E-state index >= 15 is 0 Å². The summed E-state index contributed by atoms with van der Waals surface area (Å²) in [6.07, 6.45) is 4.98. The van der Waals surface area contributed by atoms with Gasteiger partial charge in [-0.15, -0.1) is 0 Å². The van der Waals surface area contributed by atoms with Crippen LogP contribution < -0.4 is 5.73 Å². The van der Waals surface area contributed by atoms with Crippen molar-refractivity contribution in [1.82, 2.24) is 9.55 Å². The number of aromatic nitrogens is 2. The third-order valence-electron chi connectivity index (χ3n) is 3.41. The largest absolute Gasteiger partial charge is 0.330 e. The van der Waals surface area contributed by atoms with Gasteiger partial charge in [0.25, 0.3) is 0 Å². The molecule has 0 amide bonds. The molecule has 1 unspecified atom stereocenters. The predicted octanol–water partition coefficient (Wildman–Crippen LogP) is 1.86. The molecular formula is C11H17N3. The first-order valence-electron chi connectivity index (χ1n) is 5.60. The van der Waals surface area contributed by atoms with E-state index in [0.717, 1.165) is 18.9 Å². The summed E-state index contributed by atoms with van der Waals surface area (Å²) < 4.78 is 2.39. The molecule has 76 valence electrons. The smallest absolute Gasteiger partial charge is 0.112 e. The summed E-state index contributed by atoms with van der Waals surface area (Å²) in [4.78, 5) is 4.69. The summed E-state index contributed by atoms with van der Waals surface area (Å²) in [5.41, 5.74) is 8.59. The first kappa shape index (κ1) is 8.48. The summed E-state index contributed by atoms with van der Waals surface area (Å²) in [5.74, 6) is 2.06.